The summed E-state index contributed by atoms with van der Waals surface area (Å²) < 4.78 is 20.3. The lowest BCUT2D eigenvalue weighted by molar-refractivity contribution is 0.236. The average molecular weight is 499 g/mol. The van der Waals surface area contributed by atoms with Gasteiger partial charge in [-0.05, 0) is 76.3 Å². The number of pyridine rings is 1. The van der Waals surface area contributed by atoms with Gasteiger partial charge in [0, 0.05) is 24.2 Å². The fraction of sp³-hybridized carbons (Fsp3) is 0.214. The van der Waals surface area contributed by atoms with Crippen molar-refractivity contribution in [1.82, 2.24) is 30.1 Å². The Hall–Kier alpha value is -4.37. The van der Waals surface area contributed by atoms with Gasteiger partial charge in [-0.2, -0.15) is 0 Å². The van der Waals surface area contributed by atoms with Crippen molar-refractivity contribution in [2.24, 2.45) is 0 Å². The number of benzene rings is 3. The molecule has 0 bridgehead atoms. The molecule has 0 aliphatic heterocycles. The Labute approximate surface area is 213 Å². The van der Waals surface area contributed by atoms with Crippen molar-refractivity contribution in [3.05, 3.63) is 117 Å². The van der Waals surface area contributed by atoms with Gasteiger partial charge in [0.1, 0.15) is 11.6 Å². The number of hydrogen-bond acceptors (Lipinski definition) is 6. The van der Waals surface area contributed by atoms with Gasteiger partial charge in [-0.15, -0.1) is 5.10 Å². The molecule has 9 heteroatoms. The van der Waals surface area contributed by atoms with E-state index in [0.29, 0.717) is 37.6 Å². The van der Waals surface area contributed by atoms with Gasteiger partial charge in [0.15, 0.2) is 5.82 Å². The molecule has 8 nitrogen and oxygen atoms in total. The maximum absolute atomic E-state index is 13.3. The van der Waals surface area contributed by atoms with E-state index in [2.05, 4.69) is 31.5 Å². The average Bonchev–Trinajstić information content (AvgIpc) is 3.32. The Morgan fingerprint density at radius 3 is 2.46 bits per heavy atom. The molecular formula is C28H27FN6O2. The second kappa shape index (κ2) is 10.7. The van der Waals surface area contributed by atoms with E-state index < -0.39 is 0 Å². The van der Waals surface area contributed by atoms with Gasteiger partial charge in [-0.25, -0.2) is 9.07 Å². The normalized spacial score (nSPS) is 11.4. The standard InChI is InChI=1S/C28H27FN6O2/c1-19-3-12-26-22(13-19)14-23(28(36)30-26)17-34(15-20-6-10-25(37-2)11-7-20)18-27-31-32-33-35(27)16-21-4-8-24(29)9-5-21/h3-14H,15-18H2,1-2H3,(H,30,36). The van der Waals surface area contributed by atoms with Crippen LogP contribution in [0.1, 0.15) is 28.1 Å². The van der Waals surface area contributed by atoms with Gasteiger partial charge in [-0.3, -0.25) is 9.69 Å². The first kappa shape index (κ1) is 24.3. The number of nitrogens with one attached hydrogen (secondary N) is 1. The van der Waals surface area contributed by atoms with Gasteiger partial charge in [-0.1, -0.05) is 35.9 Å². The maximum atomic E-state index is 13.3. The molecular weight excluding hydrogens is 471 g/mol. The molecule has 2 heterocycles. The van der Waals surface area contributed by atoms with Crippen LogP contribution >= 0.6 is 0 Å². The number of fused-ring (bicyclic) bond motifs is 1. The lowest BCUT2D eigenvalue weighted by Crippen LogP contribution is -2.28. The van der Waals surface area contributed by atoms with Crippen molar-refractivity contribution >= 4 is 10.9 Å². The molecule has 0 saturated carbocycles. The van der Waals surface area contributed by atoms with Crippen molar-refractivity contribution < 1.29 is 9.13 Å². The first-order valence-electron chi connectivity index (χ1n) is 11.9. The number of methoxy groups -OCH3 is 1. The van der Waals surface area contributed by atoms with Crippen LogP contribution < -0.4 is 10.3 Å². The lowest BCUT2D eigenvalue weighted by atomic mass is 10.1. The minimum Gasteiger partial charge on any atom is -0.497 e. The minimum absolute atomic E-state index is 0.123. The van der Waals surface area contributed by atoms with Crippen molar-refractivity contribution in [1.29, 1.82) is 0 Å². The van der Waals surface area contributed by atoms with E-state index in [9.17, 15) is 9.18 Å². The van der Waals surface area contributed by atoms with Crippen LogP contribution in [0.15, 0.2) is 77.6 Å². The van der Waals surface area contributed by atoms with E-state index in [-0.39, 0.29) is 11.4 Å². The lowest BCUT2D eigenvalue weighted by Gasteiger charge is -2.22. The monoisotopic (exact) mass is 498 g/mol. The molecule has 0 fully saturated rings. The van der Waals surface area contributed by atoms with Gasteiger partial charge in [0.2, 0.25) is 0 Å². The molecule has 0 amide bonds. The number of rotatable bonds is 9. The summed E-state index contributed by atoms with van der Waals surface area (Å²) in [5.74, 6) is 1.13. The highest BCUT2D eigenvalue weighted by Gasteiger charge is 2.16. The highest BCUT2D eigenvalue weighted by molar-refractivity contribution is 5.79. The van der Waals surface area contributed by atoms with Crippen molar-refractivity contribution in [2.75, 3.05) is 7.11 Å². The second-order valence-corrected chi connectivity index (χ2v) is 9.09. The third-order valence-electron chi connectivity index (χ3n) is 6.25. The predicted octanol–water partition coefficient (Wildman–Crippen LogP) is 4.22. The Kier molecular flexibility index (Phi) is 7.04. The summed E-state index contributed by atoms with van der Waals surface area (Å²) in [6, 6.07) is 22.0. The number of hydrogen-bond donors (Lipinski definition) is 1. The molecule has 5 rings (SSSR count). The van der Waals surface area contributed by atoms with E-state index in [1.54, 1.807) is 23.9 Å². The van der Waals surface area contributed by atoms with Crippen LogP contribution in [0.4, 0.5) is 4.39 Å². The van der Waals surface area contributed by atoms with Crippen molar-refractivity contribution in [3.63, 3.8) is 0 Å². The molecule has 0 radical (unpaired) electrons. The first-order chi connectivity index (χ1) is 18.0. The molecule has 3 aromatic carbocycles. The highest BCUT2D eigenvalue weighted by Crippen LogP contribution is 2.18. The van der Waals surface area contributed by atoms with Crippen LogP contribution in [0.5, 0.6) is 5.75 Å². The molecule has 0 spiro atoms. The Morgan fingerprint density at radius 2 is 1.70 bits per heavy atom. The Bertz CT molecular complexity index is 1560. The summed E-state index contributed by atoms with van der Waals surface area (Å²) in [5, 5.41) is 13.2. The number of ether oxygens (including phenoxy) is 1. The van der Waals surface area contributed by atoms with E-state index >= 15 is 0 Å². The fourth-order valence-corrected chi connectivity index (χ4v) is 4.31. The van der Waals surface area contributed by atoms with Crippen LogP contribution in [-0.4, -0.2) is 37.2 Å². The molecule has 0 saturated heterocycles. The summed E-state index contributed by atoms with van der Waals surface area (Å²) in [6.07, 6.45) is 0. The fourth-order valence-electron chi connectivity index (χ4n) is 4.31. The highest BCUT2D eigenvalue weighted by atomic mass is 19.1. The van der Waals surface area contributed by atoms with E-state index in [4.69, 9.17) is 4.74 Å². The number of aryl methyl sites for hydroxylation is 1. The molecule has 0 unspecified atom stereocenters. The third-order valence-corrected chi connectivity index (χ3v) is 6.25. The topological polar surface area (TPSA) is 88.9 Å². The van der Waals surface area contributed by atoms with Gasteiger partial charge in [0.05, 0.1) is 20.2 Å². The molecule has 0 aliphatic rings. The largest absolute Gasteiger partial charge is 0.497 e. The summed E-state index contributed by atoms with van der Waals surface area (Å²) in [7, 11) is 1.63. The van der Waals surface area contributed by atoms with Gasteiger partial charge in [0.25, 0.3) is 5.56 Å². The zero-order chi connectivity index (χ0) is 25.8. The molecule has 37 heavy (non-hydrogen) atoms. The summed E-state index contributed by atoms with van der Waals surface area (Å²) in [6.45, 7) is 3.81. The first-order valence-corrected chi connectivity index (χ1v) is 11.9. The number of halogens is 1. The van der Waals surface area contributed by atoms with Crippen LogP contribution in [-0.2, 0) is 26.2 Å². The Balaban J connectivity index is 1.44. The molecule has 0 aliphatic carbocycles. The van der Waals surface area contributed by atoms with Crippen LogP contribution in [0.2, 0.25) is 0 Å². The molecule has 2 aromatic heterocycles. The van der Waals surface area contributed by atoms with Crippen molar-refractivity contribution in [2.45, 2.75) is 33.1 Å². The van der Waals surface area contributed by atoms with Gasteiger partial charge >= 0.3 is 0 Å². The zero-order valence-electron chi connectivity index (χ0n) is 20.7. The molecule has 1 N–H and O–H groups in total. The Morgan fingerprint density at radius 1 is 0.946 bits per heavy atom. The SMILES string of the molecule is COc1ccc(CN(Cc2cc3cc(C)ccc3[nH]c2=O)Cc2nnnn2Cc2ccc(F)cc2)cc1. The zero-order valence-corrected chi connectivity index (χ0v) is 20.7. The van der Waals surface area contributed by atoms with Crippen LogP contribution in [0.3, 0.4) is 0 Å². The summed E-state index contributed by atoms with van der Waals surface area (Å²) >= 11 is 0. The number of aromatic amines is 1. The van der Waals surface area contributed by atoms with Gasteiger partial charge < -0.3 is 9.72 Å². The smallest absolute Gasteiger partial charge is 0.252 e. The van der Waals surface area contributed by atoms with E-state index in [0.717, 1.165) is 33.3 Å². The van der Waals surface area contributed by atoms with E-state index in [1.165, 1.54) is 12.1 Å². The number of tetrazole rings is 1. The van der Waals surface area contributed by atoms with E-state index in [1.807, 2.05) is 49.4 Å². The third kappa shape index (κ3) is 5.90. The molecule has 0 atom stereocenters. The quantitative estimate of drug-likeness (QED) is 0.327. The predicted molar refractivity (Wildman–Crippen MR) is 139 cm³/mol. The number of nitrogens with zero attached hydrogens (tertiary/aromatic N) is 5. The molecule has 188 valence electrons. The second-order valence-electron chi connectivity index (χ2n) is 9.09. The van der Waals surface area contributed by atoms with Crippen molar-refractivity contribution in [3.8, 4) is 5.75 Å². The van der Waals surface area contributed by atoms with Crippen LogP contribution in [0, 0.1) is 12.7 Å². The maximum Gasteiger partial charge on any atom is 0.252 e. The van der Waals surface area contributed by atoms with Crippen LogP contribution in [0.25, 0.3) is 10.9 Å². The molecule has 5 aromatic rings. The minimum atomic E-state index is -0.290. The number of aromatic nitrogens is 5. The number of H-pyrrole nitrogens is 1. The summed E-state index contributed by atoms with van der Waals surface area (Å²) in [5.41, 5.74) is 4.42. The summed E-state index contributed by atoms with van der Waals surface area (Å²) in [4.78, 5) is 18.1.